The first kappa shape index (κ1) is 10.6. The summed E-state index contributed by atoms with van der Waals surface area (Å²) >= 11 is 0. The summed E-state index contributed by atoms with van der Waals surface area (Å²) in [4.78, 5) is 11.9. The monoisotopic (exact) mass is 197 g/mol. The molecule has 0 aliphatic rings. The third-order valence-electron chi connectivity index (χ3n) is 1.56. The number of nitrogen functional groups attached to an aromatic ring is 1. The van der Waals surface area contributed by atoms with E-state index in [0.717, 1.165) is 0 Å². The summed E-state index contributed by atoms with van der Waals surface area (Å²) in [5.41, 5.74) is 5.48. The first-order valence-electron chi connectivity index (χ1n) is 4.35. The molecule has 6 nitrogen and oxygen atoms in total. The van der Waals surface area contributed by atoms with E-state index in [2.05, 4.69) is 20.3 Å². The molecule has 1 rings (SSSR count). The fourth-order valence-electron chi connectivity index (χ4n) is 1.08. The van der Waals surface area contributed by atoms with Crippen molar-refractivity contribution in [3.05, 3.63) is 5.82 Å². The molecule has 0 aliphatic carbocycles. The van der Waals surface area contributed by atoms with Gasteiger partial charge in [-0.1, -0.05) is 0 Å². The van der Waals surface area contributed by atoms with Crippen LogP contribution in [-0.4, -0.2) is 34.7 Å². The number of methoxy groups -OCH3 is 1. The smallest absolute Gasteiger partial charge is 0.228 e. The summed E-state index contributed by atoms with van der Waals surface area (Å²) in [5.74, 6) is 1.31. The van der Waals surface area contributed by atoms with Crippen LogP contribution in [0, 0.1) is 6.92 Å². The van der Waals surface area contributed by atoms with Gasteiger partial charge in [0, 0.05) is 13.2 Å². The molecule has 1 aromatic heterocycles. The van der Waals surface area contributed by atoms with E-state index in [1.165, 1.54) is 0 Å². The number of nitrogens with zero attached hydrogens (tertiary/aromatic N) is 3. The fourth-order valence-corrected chi connectivity index (χ4v) is 1.08. The molecule has 0 amide bonds. The number of rotatable bonds is 4. The SMILES string of the molecule is COCC(C)Nc1nc(C)nc(N)n1. The molecule has 0 saturated heterocycles. The Kier molecular flexibility index (Phi) is 3.58. The maximum atomic E-state index is 5.48. The lowest BCUT2D eigenvalue weighted by molar-refractivity contribution is 0.190. The number of aryl methyl sites for hydroxylation is 1. The van der Waals surface area contributed by atoms with E-state index in [0.29, 0.717) is 18.4 Å². The highest BCUT2D eigenvalue weighted by molar-refractivity contribution is 5.31. The van der Waals surface area contributed by atoms with E-state index >= 15 is 0 Å². The van der Waals surface area contributed by atoms with Gasteiger partial charge in [0.05, 0.1) is 6.61 Å². The maximum Gasteiger partial charge on any atom is 0.228 e. The molecule has 0 spiro atoms. The molecule has 0 bridgehead atoms. The normalized spacial score (nSPS) is 12.5. The minimum Gasteiger partial charge on any atom is -0.383 e. The minimum atomic E-state index is 0.140. The van der Waals surface area contributed by atoms with Gasteiger partial charge in [0.2, 0.25) is 11.9 Å². The van der Waals surface area contributed by atoms with Gasteiger partial charge in [0.25, 0.3) is 0 Å². The van der Waals surface area contributed by atoms with E-state index < -0.39 is 0 Å². The predicted molar refractivity (Wildman–Crippen MR) is 53.9 cm³/mol. The summed E-state index contributed by atoms with van der Waals surface area (Å²) in [5, 5.41) is 3.06. The Morgan fingerprint density at radius 1 is 1.43 bits per heavy atom. The lowest BCUT2D eigenvalue weighted by Gasteiger charge is -2.12. The van der Waals surface area contributed by atoms with Crippen LogP contribution in [0.2, 0.25) is 0 Å². The average molecular weight is 197 g/mol. The van der Waals surface area contributed by atoms with E-state index in [-0.39, 0.29) is 12.0 Å². The van der Waals surface area contributed by atoms with Gasteiger partial charge in [-0.3, -0.25) is 0 Å². The first-order chi connectivity index (χ1) is 6.61. The fraction of sp³-hybridized carbons (Fsp3) is 0.625. The highest BCUT2D eigenvalue weighted by Crippen LogP contribution is 2.03. The standard InChI is InChI=1S/C8H15N5O/c1-5(4-14-3)10-8-12-6(2)11-7(9)13-8/h5H,4H2,1-3H3,(H3,9,10,11,12,13). The molecule has 14 heavy (non-hydrogen) atoms. The van der Waals surface area contributed by atoms with Crippen molar-refractivity contribution >= 4 is 11.9 Å². The Hall–Kier alpha value is -1.43. The molecule has 3 N–H and O–H groups in total. The van der Waals surface area contributed by atoms with Crippen LogP contribution in [-0.2, 0) is 4.74 Å². The zero-order chi connectivity index (χ0) is 10.6. The van der Waals surface area contributed by atoms with Crippen molar-refractivity contribution in [2.24, 2.45) is 0 Å². The summed E-state index contributed by atoms with van der Waals surface area (Å²) in [7, 11) is 1.64. The van der Waals surface area contributed by atoms with Crippen LogP contribution in [0.1, 0.15) is 12.7 Å². The average Bonchev–Trinajstić information content (AvgIpc) is 2.01. The van der Waals surface area contributed by atoms with Crippen LogP contribution in [0.3, 0.4) is 0 Å². The molecule has 0 aromatic carbocycles. The predicted octanol–water partition coefficient (Wildman–Crippen LogP) is 0.209. The van der Waals surface area contributed by atoms with Gasteiger partial charge in [-0.05, 0) is 13.8 Å². The molecular formula is C8H15N5O. The zero-order valence-corrected chi connectivity index (χ0v) is 8.61. The number of anilines is 2. The van der Waals surface area contributed by atoms with E-state index in [9.17, 15) is 0 Å². The Morgan fingerprint density at radius 3 is 2.71 bits per heavy atom. The van der Waals surface area contributed by atoms with Crippen LogP contribution >= 0.6 is 0 Å². The molecule has 1 atom stereocenters. The molecule has 1 unspecified atom stereocenters. The first-order valence-corrected chi connectivity index (χ1v) is 4.35. The van der Waals surface area contributed by atoms with E-state index in [1.54, 1.807) is 14.0 Å². The maximum absolute atomic E-state index is 5.48. The van der Waals surface area contributed by atoms with Gasteiger partial charge >= 0.3 is 0 Å². The number of aromatic nitrogens is 3. The Bertz CT molecular complexity index is 284. The Labute approximate surface area is 82.9 Å². The van der Waals surface area contributed by atoms with Crippen molar-refractivity contribution in [1.82, 2.24) is 15.0 Å². The molecular weight excluding hydrogens is 182 g/mol. The van der Waals surface area contributed by atoms with Crippen LogP contribution in [0.25, 0.3) is 0 Å². The number of hydrogen-bond acceptors (Lipinski definition) is 6. The Balaban J connectivity index is 2.66. The van der Waals surface area contributed by atoms with Crippen LogP contribution in [0.15, 0.2) is 0 Å². The number of nitrogens with one attached hydrogen (secondary N) is 1. The van der Waals surface area contributed by atoms with Crippen LogP contribution < -0.4 is 11.1 Å². The summed E-state index contributed by atoms with van der Waals surface area (Å²) in [6.07, 6.45) is 0. The van der Waals surface area contributed by atoms with E-state index in [4.69, 9.17) is 10.5 Å². The van der Waals surface area contributed by atoms with Crippen molar-refractivity contribution in [2.75, 3.05) is 24.8 Å². The molecule has 78 valence electrons. The second-order valence-electron chi connectivity index (χ2n) is 3.07. The van der Waals surface area contributed by atoms with Crippen molar-refractivity contribution in [3.63, 3.8) is 0 Å². The minimum absolute atomic E-state index is 0.140. The van der Waals surface area contributed by atoms with Gasteiger partial charge in [-0.2, -0.15) is 15.0 Å². The van der Waals surface area contributed by atoms with Gasteiger partial charge < -0.3 is 15.8 Å². The molecule has 1 heterocycles. The van der Waals surface area contributed by atoms with Crippen molar-refractivity contribution in [3.8, 4) is 0 Å². The number of nitrogens with two attached hydrogens (primary N) is 1. The zero-order valence-electron chi connectivity index (χ0n) is 8.61. The van der Waals surface area contributed by atoms with Gasteiger partial charge in [-0.15, -0.1) is 0 Å². The second kappa shape index (κ2) is 4.71. The van der Waals surface area contributed by atoms with Crippen molar-refractivity contribution < 1.29 is 4.74 Å². The largest absolute Gasteiger partial charge is 0.383 e. The molecule has 6 heteroatoms. The topological polar surface area (TPSA) is 86.0 Å². The highest BCUT2D eigenvalue weighted by atomic mass is 16.5. The van der Waals surface area contributed by atoms with E-state index in [1.807, 2.05) is 6.92 Å². The quantitative estimate of drug-likeness (QED) is 0.717. The number of ether oxygens (including phenoxy) is 1. The molecule has 1 aromatic rings. The summed E-state index contributed by atoms with van der Waals surface area (Å²) in [6, 6.07) is 0.140. The lowest BCUT2D eigenvalue weighted by atomic mass is 10.4. The highest BCUT2D eigenvalue weighted by Gasteiger charge is 2.05. The molecule has 0 saturated carbocycles. The second-order valence-corrected chi connectivity index (χ2v) is 3.07. The van der Waals surface area contributed by atoms with Crippen molar-refractivity contribution in [2.45, 2.75) is 19.9 Å². The lowest BCUT2D eigenvalue weighted by Crippen LogP contribution is -2.22. The number of hydrogen-bond donors (Lipinski definition) is 2. The third-order valence-corrected chi connectivity index (χ3v) is 1.56. The summed E-state index contributed by atoms with van der Waals surface area (Å²) < 4.78 is 4.97. The van der Waals surface area contributed by atoms with Gasteiger partial charge in [0.1, 0.15) is 5.82 Å². The van der Waals surface area contributed by atoms with Gasteiger partial charge in [0.15, 0.2) is 0 Å². The van der Waals surface area contributed by atoms with Crippen LogP contribution in [0.5, 0.6) is 0 Å². The molecule has 0 fully saturated rings. The molecule has 0 radical (unpaired) electrons. The summed E-state index contributed by atoms with van der Waals surface area (Å²) in [6.45, 7) is 4.33. The van der Waals surface area contributed by atoms with Gasteiger partial charge in [-0.25, -0.2) is 0 Å². The van der Waals surface area contributed by atoms with Crippen LogP contribution in [0.4, 0.5) is 11.9 Å². The van der Waals surface area contributed by atoms with Crippen molar-refractivity contribution in [1.29, 1.82) is 0 Å². The Morgan fingerprint density at radius 2 is 2.14 bits per heavy atom. The molecule has 0 aliphatic heterocycles. The third kappa shape index (κ3) is 3.14.